The average molecular weight is 291 g/mol. The van der Waals surface area contributed by atoms with E-state index in [0.717, 1.165) is 0 Å². The van der Waals surface area contributed by atoms with E-state index in [1.807, 2.05) is 0 Å². The van der Waals surface area contributed by atoms with E-state index < -0.39 is 11.9 Å². The molecule has 1 fully saturated rings. The highest BCUT2D eigenvalue weighted by Gasteiger charge is 2.32. The van der Waals surface area contributed by atoms with Gasteiger partial charge in [-0.25, -0.2) is 0 Å². The summed E-state index contributed by atoms with van der Waals surface area (Å²) in [6, 6.07) is 1.50. The minimum absolute atomic E-state index is 0.231. The molecular weight excluding hydrogens is 279 g/mol. The molecule has 0 radical (unpaired) electrons. The summed E-state index contributed by atoms with van der Waals surface area (Å²) in [5.41, 5.74) is 0.371. The molecule has 1 amide bonds. The standard InChI is InChI=1S/C11H12Cl2N2O3/c1-14-8(4-7(12)9(14)13)10(16)15-3-2-6(5-15)11(17)18/h4,6H,2-3,5H2,1H3,(H,17,18). The van der Waals surface area contributed by atoms with Crippen LogP contribution in [0, 0.1) is 5.92 Å². The predicted molar refractivity (Wildman–Crippen MR) is 67.1 cm³/mol. The molecule has 98 valence electrons. The summed E-state index contributed by atoms with van der Waals surface area (Å²) in [5.74, 6) is -1.59. The normalized spacial score (nSPS) is 19.3. The van der Waals surface area contributed by atoms with Gasteiger partial charge in [0.2, 0.25) is 0 Å². The molecule has 1 aromatic heterocycles. The number of carbonyl (C=O) groups is 2. The van der Waals surface area contributed by atoms with Crippen molar-refractivity contribution in [3.05, 3.63) is 21.9 Å². The summed E-state index contributed by atoms with van der Waals surface area (Å²) < 4.78 is 1.50. The first-order chi connectivity index (χ1) is 8.41. The molecular formula is C11H12Cl2N2O3. The van der Waals surface area contributed by atoms with Crippen molar-refractivity contribution < 1.29 is 14.7 Å². The number of likely N-dealkylation sites (tertiary alicyclic amines) is 1. The molecule has 1 aliphatic rings. The van der Waals surface area contributed by atoms with Crippen molar-refractivity contribution in [2.45, 2.75) is 6.42 Å². The third-order valence-corrected chi connectivity index (χ3v) is 4.00. The number of carboxylic acids is 1. The maximum Gasteiger partial charge on any atom is 0.308 e. The molecule has 0 bridgehead atoms. The SMILES string of the molecule is Cn1c(C(=O)N2CCC(C(=O)O)C2)cc(Cl)c1Cl. The van der Waals surface area contributed by atoms with Gasteiger partial charge in [0, 0.05) is 20.1 Å². The van der Waals surface area contributed by atoms with E-state index >= 15 is 0 Å². The van der Waals surface area contributed by atoms with Gasteiger partial charge in [-0.3, -0.25) is 9.59 Å². The molecule has 1 N–H and O–H groups in total. The second-order valence-electron chi connectivity index (χ2n) is 4.30. The first kappa shape index (κ1) is 13.2. The van der Waals surface area contributed by atoms with Gasteiger partial charge in [-0.15, -0.1) is 0 Å². The van der Waals surface area contributed by atoms with Crippen molar-refractivity contribution in [2.75, 3.05) is 13.1 Å². The first-order valence-corrected chi connectivity index (χ1v) is 6.20. The van der Waals surface area contributed by atoms with Crippen LogP contribution in [0.2, 0.25) is 10.2 Å². The molecule has 0 aromatic carbocycles. The molecule has 1 saturated heterocycles. The van der Waals surface area contributed by atoms with E-state index in [9.17, 15) is 9.59 Å². The Morgan fingerprint density at radius 3 is 2.56 bits per heavy atom. The zero-order chi connectivity index (χ0) is 13.4. The Bertz CT molecular complexity index is 513. The Kier molecular flexibility index (Phi) is 3.54. The highest BCUT2D eigenvalue weighted by atomic mass is 35.5. The van der Waals surface area contributed by atoms with Crippen molar-refractivity contribution in [2.24, 2.45) is 13.0 Å². The fraction of sp³-hybridized carbons (Fsp3) is 0.455. The molecule has 7 heteroatoms. The van der Waals surface area contributed by atoms with Crippen LogP contribution < -0.4 is 0 Å². The van der Waals surface area contributed by atoms with Crippen LogP contribution in [0.25, 0.3) is 0 Å². The Hall–Kier alpha value is -1.20. The van der Waals surface area contributed by atoms with Crippen molar-refractivity contribution in [3.63, 3.8) is 0 Å². The van der Waals surface area contributed by atoms with Crippen LogP contribution in [0.4, 0.5) is 0 Å². The van der Waals surface area contributed by atoms with E-state index in [-0.39, 0.29) is 12.5 Å². The van der Waals surface area contributed by atoms with E-state index in [1.165, 1.54) is 15.5 Å². The number of hydrogen-bond donors (Lipinski definition) is 1. The number of aliphatic carboxylic acids is 1. The molecule has 5 nitrogen and oxygen atoms in total. The number of halogens is 2. The van der Waals surface area contributed by atoms with E-state index in [2.05, 4.69) is 0 Å². The molecule has 1 aromatic rings. The zero-order valence-electron chi connectivity index (χ0n) is 9.69. The van der Waals surface area contributed by atoms with Crippen LogP contribution in [0.15, 0.2) is 6.07 Å². The molecule has 18 heavy (non-hydrogen) atoms. The maximum absolute atomic E-state index is 12.2. The van der Waals surface area contributed by atoms with E-state index in [1.54, 1.807) is 7.05 Å². The summed E-state index contributed by atoms with van der Waals surface area (Å²) in [5, 5.41) is 9.52. The smallest absolute Gasteiger partial charge is 0.308 e. The second kappa shape index (κ2) is 4.82. The molecule has 2 heterocycles. The lowest BCUT2D eigenvalue weighted by molar-refractivity contribution is -0.141. The Morgan fingerprint density at radius 1 is 1.44 bits per heavy atom. The number of carbonyl (C=O) groups excluding carboxylic acids is 1. The number of carboxylic acid groups (broad SMARTS) is 1. The third kappa shape index (κ3) is 2.20. The Labute approximate surface area is 114 Å². The largest absolute Gasteiger partial charge is 0.481 e. The zero-order valence-corrected chi connectivity index (χ0v) is 11.2. The van der Waals surface area contributed by atoms with Crippen LogP contribution >= 0.6 is 23.2 Å². The Balaban J connectivity index is 2.18. The minimum atomic E-state index is -0.867. The van der Waals surface area contributed by atoms with Crippen molar-refractivity contribution in [3.8, 4) is 0 Å². The van der Waals surface area contributed by atoms with Crippen LogP contribution in [-0.4, -0.2) is 39.5 Å². The molecule has 0 aliphatic carbocycles. The van der Waals surface area contributed by atoms with Crippen LogP contribution in [0.5, 0.6) is 0 Å². The highest BCUT2D eigenvalue weighted by molar-refractivity contribution is 6.41. The summed E-state index contributed by atoms with van der Waals surface area (Å²) >= 11 is 11.7. The molecule has 1 atom stereocenters. The monoisotopic (exact) mass is 290 g/mol. The summed E-state index contributed by atoms with van der Waals surface area (Å²) in [6.45, 7) is 0.671. The highest BCUT2D eigenvalue weighted by Crippen LogP contribution is 2.27. The van der Waals surface area contributed by atoms with E-state index in [0.29, 0.717) is 28.8 Å². The fourth-order valence-corrected chi connectivity index (χ4v) is 2.43. The number of amides is 1. The summed E-state index contributed by atoms with van der Waals surface area (Å²) in [6.07, 6.45) is 0.479. The van der Waals surface area contributed by atoms with Gasteiger partial charge in [0.1, 0.15) is 10.8 Å². The van der Waals surface area contributed by atoms with Crippen molar-refractivity contribution in [1.29, 1.82) is 0 Å². The Morgan fingerprint density at radius 2 is 2.11 bits per heavy atom. The molecule has 1 aliphatic heterocycles. The van der Waals surface area contributed by atoms with Crippen LogP contribution in [-0.2, 0) is 11.8 Å². The van der Waals surface area contributed by atoms with Gasteiger partial charge in [-0.05, 0) is 12.5 Å². The van der Waals surface area contributed by atoms with Crippen LogP contribution in [0.3, 0.4) is 0 Å². The lowest BCUT2D eigenvalue weighted by atomic mass is 10.1. The molecule has 0 spiro atoms. The first-order valence-electron chi connectivity index (χ1n) is 5.44. The summed E-state index contributed by atoms with van der Waals surface area (Å²) in [4.78, 5) is 24.6. The van der Waals surface area contributed by atoms with Gasteiger partial charge in [0.15, 0.2) is 0 Å². The predicted octanol–water partition coefficient (Wildman–Crippen LogP) is 1.88. The van der Waals surface area contributed by atoms with E-state index in [4.69, 9.17) is 28.3 Å². The lowest BCUT2D eigenvalue weighted by Gasteiger charge is -2.16. The van der Waals surface area contributed by atoms with Crippen molar-refractivity contribution >= 4 is 35.1 Å². The molecule has 1 unspecified atom stereocenters. The quantitative estimate of drug-likeness (QED) is 0.905. The second-order valence-corrected chi connectivity index (χ2v) is 5.07. The topological polar surface area (TPSA) is 62.5 Å². The lowest BCUT2D eigenvalue weighted by Crippen LogP contribution is -2.31. The number of nitrogens with zero attached hydrogens (tertiary/aromatic N) is 2. The average Bonchev–Trinajstić information content (AvgIpc) is 2.90. The van der Waals surface area contributed by atoms with Gasteiger partial charge in [0.25, 0.3) is 5.91 Å². The maximum atomic E-state index is 12.2. The fourth-order valence-electron chi connectivity index (χ4n) is 2.06. The number of rotatable bonds is 2. The summed E-state index contributed by atoms with van der Waals surface area (Å²) in [7, 11) is 1.65. The van der Waals surface area contributed by atoms with Gasteiger partial charge in [0.05, 0.1) is 10.9 Å². The molecule has 2 rings (SSSR count). The third-order valence-electron chi connectivity index (χ3n) is 3.16. The number of hydrogen-bond acceptors (Lipinski definition) is 2. The van der Waals surface area contributed by atoms with Gasteiger partial charge < -0.3 is 14.6 Å². The van der Waals surface area contributed by atoms with Crippen LogP contribution in [0.1, 0.15) is 16.9 Å². The van der Waals surface area contributed by atoms with Gasteiger partial charge in [-0.2, -0.15) is 0 Å². The molecule has 0 saturated carbocycles. The van der Waals surface area contributed by atoms with Gasteiger partial charge in [-0.1, -0.05) is 23.2 Å². The minimum Gasteiger partial charge on any atom is -0.481 e. The number of aromatic nitrogens is 1. The van der Waals surface area contributed by atoms with Gasteiger partial charge >= 0.3 is 5.97 Å². The van der Waals surface area contributed by atoms with Crippen molar-refractivity contribution in [1.82, 2.24) is 9.47 Å².